The molecule has 0 rings (SSSR count). The monoisotopic (exact) mass is 220 g/mol. The average Bonchev–Trinajstić information content (AvgIpc) is 2.18. The van der Waals surface area contributed by atoms with Crippen molar-refractivity contribution in [1.82, 2.24) is 0 Å². The standard InChI is InChI=1S/C10H24O3Si/c1-4-8-11-9-7-10-14(12-5-2)13-6-3/h14H,4-10H2,1-3H3. The molecule has 4 heteroatoms. The van der Waals surface area contributed by atoms with E-state index in [1.807, 2.05) is 13.8 Å². The molecule has 3 nitrogen and oxygen atoms in total. The SMILES string of the molecule is CCCOCCC[SiH](OCC)OCC. The third-order valence-corrected chi connectivity index (χ3v) is 4.07. The predicted molar refractivity (Wildman–Crippen MR) is 60.9 cm³/mol. The van der Waals surface area contributed by atoms with E-state index in [1.54, 1.807) is 0 Å². The third-order valence-electron chi connectivity index (χ3n) is 1.78. The van der Waals surface area contributed by atoms with E-state index in [1.165, 1.54) is 0 Å². The molecule has 0 saturated carbocycles. The molecule has 0 N–H and O–H groups in total. The predicted octanol–water partition coefficient (Wildman–Crippen LogP) is 2.10. The van der Waals surface area contributed by atoms with E-state index in [0.29, 0.717) is 0 Å². The van der Waals surface area contributed by atoms with Crippen molar-refractivity contribution in [2.75, 3.05) is 26.4 Å². The van der Waals surface area contributed by atoms with Crippen molar-refractivity contribution in [3.63, 3.8) is 0 Å². The van der Waals surface area contributed by atoms with Gasteiger partial charge < -0.3 is 13.6 Å². The van der Waals surface area contributed by atoms with Crippen molar-refractivity contribution in [3.8, 4) is 0 Å². The van der Waals surface area contributed by atoms with Crippen molar-refractivity contribution >= 4 is 9.28 Å². The molecule has 0 aliphatic heterocycles. The van der Waals surface area contributed by atoms with Gasteiger partial charge >= 0.3 is 9.28 Å². The molecule has 0 aromatic carbocycles. The van der Waals surface area contributed by atoms with Gasteiger partial charge in [-0.25, -0.2) is 0 Å². The lowest BCUT2D eigenvalue weighted by Gasteiger charge is -2.14. The Morgan fingerprint density at radius 2 is 1.57 bits per heavy atom. The molecular formula is C10H24O3Si. The molecule has 0 amide bonds. The molecule has 0 bridgehead atoms. The first kappa shape index (κ1) is 14.1. The minimum Gasteiger partial charge on any atom is -0.397 e. The van der Waals surface area contributed by atoms with Gasteiger partial charge in [-0.2, -0.15) is 0 Å². The summed E-state index contributed by atoms with van der Waals surface area (Å²) in [7, 11) is -1.37. The van der Waals surface area contributed by atoms with E-state index in [4.69, 9.17) is 13.6 Å². The molecule has 86 valence electrons. The Kier molecular flexibility index (Phi) is 11.3. The molecule has 14 heavy (non-hydrogen) atoms. The largest absolute Gasteiger partial charge is 0.397 e. The lowest BCUT2D eigenvalue weighted by atomic mass is 10.5. The molecule has 0 aromatic heterocycles. The highest BCUT2D eigenvalue weighted by molar-refractivity contribution is 6.44. The summed E-state index contributed by atoms with van der Waals surface area (Å²) in [6.45, 7) is 9.42. The van der Waals surface area contributed by atoms with Gasteiger partial charge in [0.05, 0.1) is 0 Å². The molecule has 0 spiro atoms. The number of rotatable bonds is 10. The first-order valence-corrected chi connectivity index (χ1v) is 7.41. The Labute approximate surface area is 89.6 Å². The average molecular weight is 220 g/mol. The van der Waals surface area contributed by atoms with Crippen LogP contribution >= 0.6 is 0 Å². The highest BCUT2D eigenvalue weighted by atomic mass is 28.3. The Morgan fingerprint density at radius 1 is 0.929 bits per heavy atom. The van der Waals surface area contributed by atoms with Gasteiger partial charge in [-0.3, -0.25) is 0 Å². The van der Waals surface area contributed by atoms with Gasteiger partial charge in [0.1, 0.15) is 0 Å². The van der Waals surface area contributed by atoms with Crippen molar-refractivity contribution in [1.29, 1.82) is 0 Å². The summed E-state index contributed by atoms with van der Waals surface area (Å²) in [6, 6.07) is 1.06. The van der Waals surface area contributed by atoms with E-state index in [9.17, 15) is 0 Å². The van der Waals surface area contributed by atoms with Crippen LogP contribution in [0, 0.1) is 0 Å². The summed E-state index contributed by atoms with van der Waals surface area (Å²) in [4.78, 5) is 0. The first-order valence-electron chi connectivity index (χ1n) is 5.66. The fourth-order valence-electron chi connectivity index (χ4n) is 1.19. The molecule has 0 unspecified atom stereocenters. The topological polar surface area (TPSA) is 27.7 Å². The fourth-order valence-corrected chi connectivity index (χ4v) is 2.86. The first-order chi connectivity index (χ1) is 6.85. The smallest absolute Gasteiger partial charge is 0.321 e. The summed E-state index contributed by atoms with van der Waals surface area (Å²) in [5, 5.41) is 0. The second kappa shape index (κ2) is 11.2. The van der Waals surface area contributed by atoms with Crippen LogP contribution in [0.4, 0.5) is 0 Å². The van der Waals surface area contributed by atoms with Crippen LogP contribution in [0.3, 0.4) is 0 Å². The minimum absolute atomic E-state index is 0.771. The van der Waals surface area contributed by atoms with Gasteiger partial charge in [-0.05, 0) is 32.7 Å². The van der Waals surface area contributed by atoms with Crippen LogP contribution in [0.15, 0.2) is 0 Å². The van der Waals surface area contributed by atoms with Crippen molar-refractivity contribution in [2.24, 2.45) is 0 Å². The zero-order valence-corrected chi connectivity index (χ0v) is 10.9. The zero-order chi connectivity index (χ0) is 10.6. The van der Waals surface area contributed by atoms with Gasteiger partial charge in [0.15, 0.2) is 0 Å². The molecule has 0 saturated heterocycles. The van der Waals surface area contributed by atoms with Crippen LogP contribution in [-0.2, 0) is 13.6 Å². The maximum absolute atomic E-state index is 5.55. The van der Waals surface area contributed by atoms with Gasteiger partial charge in [0, 0.05) is 26.4 Å². The quantitative estimate of drug-likeness (QED) is 0.417. The lowest BCUT2D eigenvalue weighted by molar-refractivity contribution is 0.132. The third kappa shape index (κ3) is 8.68. The fraction of sp³-hybridized carbons (Fsp3) is 1.00. The Balaban J connectivity index is 3.30. The van der Waals surface area contributed by atoms with Crippen LogP contribution < -0.4 is 0 Å². The zero-order valence-electron chi connectivity index (χ0n) is 9.75. The molecule has 0 radical (unpaired) electrons. The molecule has 0 heterocycles. The van der Waals surface area contributed by atoms with Crippen molar-refractivity contribution in [2.45, 2.75) is 39.7 Å². The molecule has 0 fully saturated rings. The van der Waals surface area contributed by atoms with E-state index >= 15 is 0 Å². The summed E-state index contributed by atoms with van der Waals surface area (Å²) >= 11 is 0. The van der Waals surface area contributed by atoms with E-state index in [2.05, 4.69) is 6.92 Å². The second-order valence-electron chi connectivity index (χ2n) is 3.09. The Morgan fingerprint density at radius 3 is 2.07 bits per heavy atom. The van der Waals surface area contributed by atoms with Gasteiger partial charge in [-0.15, -0.1) is 0 Å². The maximum Gasteiger partial charge on any atom is 0.321 e. The Hall–Kier alpha value is 0.0969. The van der Waals surface area contributed by atoms with Crippen LogP contribution in [0.1, 0.15) is 33.6 Å². The number of ether oxygens (including phenoxy) is 1. The van der Waals surface area contributed by atoms with Gasteiger partial charge in [0.2, 0.25) is 0 Å². The van der Waals surface area contributed by atoms with E-state index in [-0.39, 0.29) is 0 Å². The van der Waals surface area contributed by atoms with Crippen molar-refractivity contribution < 1.29 is 13.6 Å². The summed E-state index contributed by atoms with van der Waals surface area (Å²) in [5.74, 6) is 0. The molecule has 0 aromatic rings. The van der Waals surface area contributed by atoms with E-state index < -0.39 is 9.28 Å². The summed E-state index contributed by atoms with van der Waals surface area (Å²) in [6.07, 6.45) is 2.16. The lowest BCUT2D eigenvalue weighted by Crippen LogP contribution is -2.23. The maximum atomic E-state index is 5.55. The second-order valence-corrected chi connectivity index (χ2v) is 5.20. The van der Waals surface area contributed by atoms with Crippen LogP contribution in [-0.4, -0.2) is 35.7 Å². The van der Waals surface area contributed by atoms with Crippen LogP contribution in [0.5, 0.6) is 0 Å². The van der Waals surface area contributed by atoms with Crippen molar-refractivity contribution in [3.05, 3.63) is 0 Å². The molecule has 0 atom stereocenters. The van der Waals surface area contributed by atoms with Crippen LogP contribution in [0.2, 0.25) is 6.04 Å². The molecule has 0 aliphatic carbocycles. The number of hydrogen-bond acceptors (Lipinski definition) is 3. The van der Waals surface area contributed by atoms with Gasteiger partial charge in [0.25, 0.3) is 0 Å². The summed E-state index contributed by atoms with van der Waals surface area (Å²) < 4.78 is 16.5. The summed E-state index contributed by atoms with van der Waals surface area (Å²) in [5.41, 5.74) is 0. The highest BCUT2D eigenvalue weighted by Crippen LogP contribution is 2.02. The minimum atomic E-state index is -1.37. The normalized spacial score (nSPS) is 11.1. The van der Waals surface area contributed by atoms with Gasteiger partial charge in [-0.1, -0.05) is 6.92 Å². The van der Waals surface area contributed by atoms with Crippen LogP contribution in [0.25, 0.3) is 0 Å². The highest BCUT2D eigenvalue weighted by Gasteiger charge is 2.10. The van der Waals surface area contributed by atoms with E-state index in [0.717, 1.165) is 45.3 Å². The Bertz CT molecular complexity index is 106. The molecular weight excluding hydrogens is 196 g/mol. The number of hydrogen-bond donors (Lipinski definition) is 0. The molecule has 0 aliphatic rings.